The Hall–Kier alpha value is -0.560. The molecule has 1 nitrogen and oxygen atoms in total. The predicted molar refractivity (Wildman–Crippen MR) is 89.1 cm³/mol. The van der Waals surface area contributed by atoms with E-state index >= 15 is 0 Å². The number of hydrogen-bond donors (Lipinski definition) is 0. The third-order valence-corrected chi connectivity index (χ3v) is 3.99. The highest BCUT2D eigenvalue weighted by Gasteiger charge is 2.36. The van der Waals surface area contributed by atoms with Gasteiger partial charge in [-0.2, -0.15) is 0 Å². The fraction of sp³-hybridized carbons (Fsp3) is 0.789. The van der Waals surface area contributed by atoms with Gasteiger partial charge in [-0.15, -0.1) is 0 Å². The van der Waals surface area contributed by atoms with Crippen LogP contribution in [0, 0.1) is 0 Å². The van der Waals surface area contributed by atoms with Crippen LogP contribution in [0.5, 0.6) is 0 Å². The highest BCUT2D eigenvalue weighted by atomic mass is 16.6. The SMILES string of the molecule is CC/C=C\C/C=C\CC1OC1CCCCCCCCC. The number of allylic oxidation sites excluding steroid dienone is 3. The van der Waals surface area contributed by atoms with Crippen molar-refractivity contribution in [1.82, 2.24) is 0 Å². The molecule has 0 aromatic heterocycles. The molecule has 0 N–H and O–H groups in total. The van der Waals surface area contributed by atoms with Crippen LogP contribution < -0.4 is 0 Å². The summed E-state index contributed by atoms with van der Waals surface area (Å²) >= 11 is 0. The van der Waals surface area contributed by atoms with Gasteiger partial charge >= 0.3 is 0 Å². The second-order valence-corrected chi connectivity index (χ2v) is 5.95. The molecule has 20 heavy (non-hydrogen) atoms. The van der Waals surface area contributed by atoms with E-state index in [-0.39, 0.29) is 0 Å². The van der Waals surface area contributed by atoms with Crippen molar-refractivity contribution >= 4 is 0 Å². The van der Waals surface area contributed by atoms with Crippen LogP contribution in [-0.4, -0.2) is 12.2 Å². The molecule has 1 saturated heterocycles. The fourth-order valence-electron chi connectivity index (χ4n) is 2.61. The lowest BCUT2D eigenvalue weighted by molar-refractivity contribution is 0.358. The molecular formula is C19H34O. The molecule has 1 heteroatoms. The molecule has 0 saturated carbocycles. The van der Waals surface area contributed by atoms with Gasteiger partial charge in [0.25, 0.3) is 0 Å². The van der Waals surface area contributed by atoms with Gasteiger partial charge in [-0.3, -0.25) is 0 Å². The van der Waals surface area contributed by atoms with Crippen molar-refractivity contribution in [3.05, 3.63) is 24.3 Å². The van der Waals surface area contributed by atoms with Crippen molar-refractivity contribution in [1.29, 1.82) is 0 Å². The molecule has 0 spiro atoms. The van der Waals surface area contributed by atoms with Gasteiger partial charge in [0.15, 0.2) is 0 Å². The summed E-state index contributed by atoms with van der Waals surface area (Å²) in [5.41, 5.74) is 0. The van der Waals surface area contributed by atoms with E-state index in [0.29, 0.717) is 12.2 Å². The summed E-state index contributed by atoms with van der Waals surface area (Å²) in [4.78, 5) is 0. The van der Waals surface area contributed by atoms with Gasteiger partial charge < -0.3 is 4.74 Å². The van der Waals surface area contributed by atoms with Gasteiger partial charge in [-0.05, 0) is 25.7 Å². The van der Waals surface area contributed by atoms with Crippen LogP contribution in [0.2, 0.25) is 0 Å². The minimum atomic E-state index is 0.529. The zero-order valence-electron chi connectivity index (χ0n) is 13.7. The number of ether oxygens (including phenoxy) is 1. The van der Waals surface area contributed by atoms with Gasteiger partial charge in [0.2, 0.25) is 0 Å². The number of unbranched alkanes of at least 4 members (excludes halogenated alkanes) is 6. The Balaban J connectivity index is 1.85. The monoisotopic (exact) mass is 278 g/mol. The molecule has 0 bridgehead atoms. The minimum absolute atomic E-state index is 0.529. The highest BCUT2D eigenvalue weighted by molar-refractivity contribution is 4.97. The lowest BCUT2D eigenvalue weighted by atomic mass is 10.1. The first-order valence-corrected chi connectivity index (χ1v) is 8.84. The molecule has 1 rings (SSSR count). The second kappa shape index (κ2) is 12.2. The van der Waals surface area contributed by atoms with E-state index in [1.807, 2.05) is 0 Å². The molecule has 1 aliphatic rings. The first kappa shape index (κ1) is 17.5. The van der Waals surface area contributed by atoms with Gasteiger partial charge in [0.1, 0.15) is 0 Å². The van der Waals surface area contributed by atoms with Gasteiger partial charge in [0.05, 0.1) is 12.2 Å². The van der Waals surface area contributed by atoms with E-state index in [2.05, 4.69) is 38.2 Å². The summed E-state index contributed by atoms with van der Waals surface area (Å²) in [6, 6.07) is 0. The second-order valence-electron chi connectivity index (χ2n) is 5.95. The van der Waals surface area contributed by atoms with E-state index in [9.17, 15) is 0 Å². The van der Waals surface area contributed by atoms with Crippen molar-refractivity contribution in [2.45, 2.75) is 96.7 Å². The molecule has 1 heterocycles. The standard InChI is InChI=1S/C19H34O/c1-3-5-7-9-11-13-15-17-19-18(20-19)16-14-12-10-8-6-4-2/h6,8,12,14,18-19H,3-5,7,9-11,13,15-17H2,1-2H3/b8-6-,14-12-. The molecule has 116 valence electrons. The average Bonchev–Trinajstić information content (AvgIpc) is 3.20. The van der Waals surface area contributed by atoms with Crippen molar-refractivity contribution in [2.24, 2.45) is 0 Å². The van der Waals surface area contributed by atoms with Crippen LogP contribution in [-0.2, 0) is 4.74 Å². The molecule has 1 aliphatic heterocycles. The van der Waals surface area contributed by atoms with Crippen LogP contribution >= 0.6 is 0 Å². The van der Waals surface area contributed by atoms with Crippen LogP contribution in [0.25, 0.3) is 0 Å². The van der Waals surface area contributed by atoms with E-state index in [1.165, 1.54) is 51.4 Å². The van der Waals surface area contributed by atoms with Crippen molar-refractivity contribution in [2.75, 3.05) is 0 Å². The van der Waals surface area contributed by atoms with Crippen LogP contribution in [0.1, 0.15) is 84.5 Å². The lowest BCUT2D eigenvalue weighted by Crippen LogP contribution is -1.92. The maximum Gasteiger partial charge on any atom is 0.0876 e. The molecule has 2 unspecified atom stereocenters. The summed E-state index contributed by atoms with van der Waals surface area (Å²) in [6.07, 6.45) is 24.5. The van der Waals surface area contributed by atoms with Crippen LogP contribution in [0.3, 0.4) is 0 Å². The third-order valence-electron chi connectivity index (χ3n) is 3.99. The maximum absolute atomic E-state index is 5.72. The van der Waals surface area contributed by atoms with E-state index in [0.717, 1.165) is 19.3 Å². The Morgan fingerprint density at radius 2 is 1.45 bits per heavy atom. The largest absolute Gasteiger partial charge is 0.369 e. The van der Waals surface area contributed by atoms with E-state index in [1.54, 1.807) is 0 Å². The summed E-state index contributed by atoms with van der Waals surface area (Å²) in [5, 5.41) is 0. The lowest BCUT2D eigenvalue weighted by Gasteiger charge is -1.99. The van der Waals surface area contributed by atoms with Crippen molar-refractivity contribution in [3.8, 4) is 0 Å². The van der Waals surface area contributed by atoms with Gasteiger partial charge in [-0.1, -0.05) is 83.1 Å². The predicted octanol–water partition coefficient (Wildman–Crippen LogP) is 6.20. The Labute approximate surface area is 126 Å². The summed E-state index contributed by atoms with van der Waals surface area (Å²) in [7, 11) is 0. The van der Waals surface area contributed by atoms with Crippen molar-refractivity contribution in [3.63, 3.8) is 0 Å². The summed E-state index contributed by atoms with van der Waals surface area (Å²) in [6.45, 7) is 4.45. The Bertz CT molecular complexity index is 267. The molecule has 0 aliphatic carbocycles. The maximum atomic E-state index is 5.72. The first-order valence-electron chi connectivity index (χ1n) is 8.84. The third kappa shape index (κ3) is 9.36. The Kier molecular flexibility index (Phi) is 10.7. The molecular weight excluding hydrogens is 244 g/mol. The molecule has 0 amide bonds. The molecule has 2 atom stereocenters. The zero-order chi connectivity index (χ0) is 14.5. The summed E-state index contributed by atoms with van der Waals surface area (Å²) in [5.74, 6) is 0. The van der Waals surface area contributed by atoms with Gasteiger partial charge in [-0.25, -0.2) is 0 Å². The number of rotatable bonds is 13. The minimum Gasteiger partial charge on any atom is -0.369 e. The Morgan fingerprint density at radius 1 is 0.750 bits per heavy atom. The number of epoxide rings is 1. The molecule has 0 aromatic carbocycles. The molecule has 0 aromatic rings. The summed E-state index contributed by atoms with van der Waals surface area (Å²) < 4.78 is 5.72. The topological polar surface area (TPSA) is 12.5 Å². The zero-order valence-corrected chi connectivity index (χ0v) is 13.7. The smallest absolute Gasteiger partial charge is 0.0876 e. The first-order chi connectivity index (χ1) is 9.88. The fourth-order valence-corrected chi connectivity index (χ4v) is 2.61. The number of hydrogen-bond acceptors (Lipinski definition) is 1. The molecule has 1 fully saturated rings. The normalized spacial score (nSPS) is 22.1. The van der Waals surface area contributed by atoms with Crippen LogP contribution in [0.4, 0.5) is 0 Å². The van der Waals surface area contributed by atoms with Crippen molar-refractivity contribution < 1.29 is 4.74 Å². The van der Waals surface area contributed by atoms with E-state index < -0.39 is 0 Å². The highest BCUT2D eigenvalue weighted by Crippen LogP contribution is 2.30. The quantitative estimate of drug-likeness (QED) is 0.222. The van der Waals surface area contributed by atoms with Gasteiger partial charge in [0, 0.05) is 0 Å². The molecule has 0 radical (unpaired) electrons. The average molecular weight is 278 g/mol. The van der Waals surface area contributed by atoms with Crippen LogP contribution in [0.15, 0.2) is 24.3 Å². The Morgan fingerprint density at radius 3 is 2.20 bits per heavy atom. The van der Waals surface area contributed by atoms with E-state index in [4.69, 9.17) is 4.74 Å².